The summed E-state index contributed by atoms with van der Waals surface area (Å²) in [4.78, 5) is 11.3. The lowest BCUT2D eigenvalue weighted by Crippen LogP contribution is -2.01. The Morgan fingerprint density at radius 1 is 1.14 bits per heavy atom. The molecule has 21 heavy (non-hydrogen) atoms. The molecule has 3 aromatic rings. The highest BCUT2D eigenvalue weighted by Gasteiger charge is 2.15. The van der Waals surface area contributed by atoms with Crippen molar-refractivity contribution < 1.29 is 18.7 Å². The van der Waals surface area contributed by atoms with Gasteiger partial charge in [-0.3, -0.25) is 0 Å². The lowest BCUT2D eigenvalue weighted by Gasteiger charge is -2.07. The summed E-state index contributed by atoms with van der Waals surface area (Å²) in [6, 6.07) is 9.79. The van der Waals surface area contributed by atoms with Crippen molar-refractivity contribution in [3.05, 3.63) is 58.9 Å². The molecule has 0 aliphatic carbocycles. The van der Waals surface area contributed by atoms with Gasteiger partial charge in [-0.2, -0.15) is 0 Å². The molecular formula is C17H13FO3. The number of hydrogen-bond donors (Lipinski definition) is 1. The minimum atomic E-state index is -0.990. The summed E-state index contributed by atoms with van der Waals surface area (Å²) < 4.78 is 19.3. The van der Waals surface area contributed by atoms with E-state index < -0.39 is 11.8 Å². The first kappa shape index (κ1) is 13.4. The Morgan fingerprint density at radius 2 is 1.90 bits per heavy atom. The highest BCUT2D eigenvalue weighted by atomic mass is 19.1. The average Bonchev–Trinajstić information content (AvgIpc) is 2.83. The molecule has 0 saturated carbocycles. The third kappa shape index (κ3) is 2.18. The molecule has 1 N–H and O–H groups in total. The Bertz CT molecular complexity index is 862. The van der Waals surface area contributed by atoms with E-state index in [0.717, 1.165) is 5.56 Å². The SMILES string of the molecule is Cc1cc(C)c(-c2cc3cccc(F)c3o2)cc1C(=O)O. The van der Waals surface area contributed by atoms with Crippen LogP contribution in [-0.4, -0.2) is 11.1 Å². The summed E-state index contributed by atoms with van der Waals surface area (Å²) in [5.41, 5.74) is 2.64. The molecule has 0 radical (unpaired) electrons. The van der Waals surface area contributed by atoms with Gasteiger partial charge in [0.15, 0.2) is 11.4 Å². The average molecular weight is 284 g/mol. The van der Waals surface area contributed by atoms with Gasteiger partial charge in [-0.15, -0.1) is 0 Å². The maximum Gasteiger partial charge on any atom is 0.335 e. The molecule has 0 fully saturated rings. The van der Waals surface area contributed by atoms with E-state index in [9.17, 15) is 14.3 Å². The van der Waals surface area contributed by atoms with Gasteiger partial charge in [-0.25, -0.2) is 9.18 Å². The van der Waals surface area contributed by atoms with E-state index in [-0.39, 0.29) is 11.1 Å². The van der Waals surface area contributed by atoms with Crippen LogP contribution in [0, 0.1) is 19.7 Å². The number of aromatic carboxylic acids is 1. The van der Waals surface area contributed by atoms with E-state index in [1.807, 2.05) is 6.92 Å². The largest absolute Gasteiger partial charge is 0.478 e. The second-order valence-electron chi connectivity index (χ2n) is 5.06. The Kier molecular flexibility index (Phi) is 3.01. The standard InChI is InChI=1S/C17H13FO3/c1-9-6-10(2)13(17(19)20)8-12(9)15-7-11-4-3-5-14(18)16(11)21-15/h3-8H,1-2H3,(H,19,20). The molecule has 3 nitrogen and oxygen atoms in total. The highest BCUT2D eigenvalue weighted by Crippen LogP contribution is 2.32. The van der Waals surface area contributed by atoms with Crippen molar-refractivity contribution in [2.45, 2.75) is 13.8 Å². The van der Waals surface area contributed by atoms with E-state index in [0.29, 0.717) is 22.3 Å². The van der Waals surface area contributed by atoms with Crippen molar-refractivity contribution in [1.82, 2.24) is 0 Å². The van der Waals surface area contributed by atoms with Crippen LogP contribution in [0.5, 0.6) is 0 Å². The summed E-state index contributed by atoms with van der Waals surface area (Å²) in [6.07, 6.45) is 0. The van der Waals surface area contributed by atoms with Gasteiger partial charge < -0.3 is 9.52 Å². The predicted octanol–water partition coefficient (Wildman–Crippen LogP) is 4.55. The second kappa shape index (κ2) is 4.74. The number of para-hydroxylation sites is 1. The van der Waals surface area contributed by atoms with Crippen molar-refractivity contribution in [1.29, 1.82) is 0 Å². The molecule has 106 valence electrons. The molecule has 0 amide bonds. The van der Waals surface area contributed by atoms with E-state index in [1.54, 1.807) is 37.3 Å². The number of carboxylic acid groups (broad SMARTS) is 1. The maximum absolute atomic E-state index is 13.7. The number of hydrogen-bond acceptors (Lipinski definition) is 2. The molecule has 1 aromatic heterocycles. The number of fused-ring (bicyclic) bond motifs is 1. The lowest BCUT2D eigenvalue weighted by atomic mass is 9.98. The van der Waals surface area contributed by atoms with E-state index in [2.05, 4.69) is 0 Å². The van der Waals surface area contributed by atoms with Crippen LogP contribution in [0.15, 0.2) is 40.8 Å². The van der Waals surface area contributed by atoms with Gasteiger partial charge >= 0.3 is 5.97 Å². The molecule has 3 rings (SSSR count). The molecule has 0 saturated heterocycles. The van der Waals surface area contributed by atoms with Gasteiger partial charge in [0.25, 0.3) is 0 Å². The van der Waals surface area contributed by atoms with Crippen LogP contribution < -0.4 is 0 Å². The quantitative estimate of drug-likeness (QED) is 0.750. The number of benzene rings is 2. The Morgan fingerprint density at radius 3 is 2.57 bits per heavy atom. The van der Waals surface area contributed by atoms with Gasteiger partial charge in [0.05, 0.1) is 5.56 Å². The van der Waals surface area contributed by atoms with Crippen LogP contribution in [0.3, 0.4) is 0 Å². The smallest absolute Gasteiger partial charge is 0.335 e. The number of rotatable bonds is 2. The molecule has 0 spiro atoms. The fraction of sp³-hybridized carbons (Fsp3) is 0.118. The van der Waals surface area contributed by atoms with Crippen molar-refractivity contribution in [3.63, 3.8) is 0 Å². The monoisotopic (exact) mass is 284 g/mol. The molecule has 2 aromatic carbocycles. The molecule has 0 aliphatic rings. The molecule has 4 heteroatoms. The number of halogens is 1. The van der Waals surface area contributed by atoms with Crippen LogP contribution >= 0.6 is 0 Å². The zero-order valence-electron chi connectivity index (χ0n) is 11.6. The lowest BCUT2D eigenvalue weighted by molar-refractivity contribution is 0.0696. The van der Waals surface area contributed by atoms with Crippen LogP contribution in [-0.2, 0) is 0 Å². The van der Waals surface area contributed by atoms with Gasteiger partial charge in [-0.1, -0.05) is 18.2 Å². The van der Waals surface area contributed by atoms with Crippen molar-refractivity contribution in [2.24, 2.45) is 0 Å². The molecule has 0 bridgehead atoms. The van der Waals surface area contributed by atoms with Crippen molar-refractivity contribution in [2.75, 3.05) is 0 Å². The zero-order chi connectivity index (χ0) is 15.1. The van der Waals surface area contributed by atoms with Gasteiger partial charge in [0.1, 0.15) is 5.76 Å². The fourth-order valence-electron chi connectivity index (χ4n) is 2.51. The summed E-state index contributed by atoms with van der Waals surface area (Å²) in [5.74, 6) is -0.951. The van der Waals surface area contributed by atoms with Crippen molar-refractivity contribution in [3.8, 4) is 11.3 Å². The molecule has 0 aliphatic heterocycles. The number of furan rings is 1. The summed E-state index contributed by atoms with van der Waals surface area (Å²) in [7, 11) is 0. The summed E-state index contributed by atoms with van der Waals surface area (Å²) in [6.45, 7) is 3.62. The highest BCUT2D eigenvalue weighted by molar-refractivity contribution is 5.92. The van der Waals surface area contributed by atoms with Crippen LogP contribution in [0.25, 0.3) is 22.3 Å². The summed E-state index contributed by atoms with van der Waals surface area (Å²) >= 11 is 0. The predicted molar refractivity (Wildman–Crippen MR) is 78.0 cm³/mol. The van der Waals surface area contributed by atoms with Crippen LogP contribution in [0.2, 0.25) is 0 Å². The maximum atomic E-state index is 13.7. The topological polar surface area (TPSA) is 50.4 Å². The van der Waals surface area contributed by atoms with E-state index in [1.165, 1.54) is 6.07 Å². The van der Waals surface area contributed by atoms with Gasteiger partial charge in [0, 0.05) is 10.9 Å². The molecule has 0 unspecified atom stereocenters. The van der Waals surface area contributed by atoms with Gasteiger partial charge in [-0.05, 0) is 43.2 Å². The van der Waals surface area contributed by atoms with Crippen LogP contribution in [0.1, 0.15) is 21.5 Å². The molecular weight excluding hydrogens is 271 g/mol. The normalized spacial score (nSPS) is 11.0. The number of carboxylic acids is 1. The second-order valence-corrected chi connectivity index (χ2v) is 5.06. The molecule has 1 heterocycles. The minimum absolute atomic E-state index is 0.185. The Labute approximate surface area is 120 Å². The minimum Gasteiger partial charge on any atom is -0.478 e. The number of aryl methyl sites for hydroxylation is 2. The Balaban J connectivity index is 2.25. The first-order valence-electron chi connectivity index (χ1n) is 6.50. The van der Waals surface area contributed by atoms with Gasteiger partial charge in [0.2, 0.25) is 0 Å². The zero-order valence-corrected chi connectivity index (χ0v) is 11.6. The third-order valence-corrected chi connectivity index (χ3v) is 3.56. The summed E-state index contributed by atoms with van der Waals surface area (Å²) in [5, 5.41) is 9.88. The van der Waals surface area contributed by atoms with Crippen LogP contribution in [0.4, 0.5) is 4.39 Å². The first-order valence-corrected chi connectivity index (χ1v) is 6.50. The third-order valence-electron chi connectivity index (χ3n) is 3.56. The van der Waals surface area contributed by atoms with Crippen molar-refractivity contribution >= 4 is 16.9 Å². The Hall–Kier alpha value is -2.62. The first-order chi connectivity index (χ1) is 9.97. The molecule has 0 atom stereocenters. The van der Waals surface area contributed by atoms with E-state index in [4.69, 9.17) is 4.42 Å². The van der Waals surface area contributed by atoms with E-state index >= 15 is 0 Å². The number of carbonyl (C=O) groups is 1. The fourth-order valence-corrected chi connectivity index (χ4v) is 2.51.